The number of rotatable bonds is 10. The maximum absolute atomic E-state index is 12.3. The number of hydrogen-bond acceptors (Lipinski definition) is 5. The van der Waals surface area contributed by atoms with E-state index in [9.17, 15) is 9.59 Å². The number of allylic oxidation sites excluding steroid dienone is 1. The Morgan fingerprint density at radius 2 is 1.74 bits per heavy atom. The van der Waals surface area contributed by atoms with Crippen LogP contribution in [0.25, 0.3) is 0 Å². The second-order valence-electron chi connectivity index (χ2n) is 9.16. The van der Waals surface area contributed by atoms with Crippen LogP contribution in [-0.2, 0) is 29.9 Å². The fourth-order valence-corrected chi connectivity index (χ4v) is 3.95. The quantitative estimate of drug-likeness (QED) is 0.149. The first-order chi connectivity index (χ1) is 14.4. The Morgan fingerprint density at radius 3 is 2.26 bits per heavy atom. The molecule has 0 unspecified atom stereocenters. The van der Waals surface area contributed by atoms with Gasteiger partial charge in [0, 0.05) is 12.8 Å². The molecule has 0 saturated heterocycles. The van der Waals surface area contributed by atoms with Crippen LogP contribution in [0.3, 0.4) is 0 Å². The third-order valence-corrected chi connectivity index (χ3v) is 9.90. The van der Waals surface area contributed by atoms with Crippen molar-refractivity contribution in [1.82, 2.24) is 0 Å². The summed E-state index contributed by atoms with van der Waals surface area (Å²) in [6.07, 6.45) is 6.27. The van der Waals surface area contributed by atoms with Gasteiger partial charge in [0.2, 0.25) is 5.76 Å². The zero-order chi connectivity index (χ0) is 23.7. The normalized spacial score (nSPS) is 14.9. The zero-order valence-corrected chi connectivity index (χ0v) is 21.2. The van der Waals surface area contributed by atoms with E-state index < -0.39 is 20.3 Å². The second kappa shape index (κ2) is 12.0. The van der Waals surface area contributed by atoms with Crippen LogP contribution in [-0.4, -0.2) is 33.0 Å². The Labute approximate surface area is 188 Å². The molecule has 1 aromatic rings. The topological polar surface area (TPSA) is 61.8 Å². The van der Waals surface area contributed by atoms with Gasteiger partial charge in [-0.25, -0.2) is 4.79 Å². The lowest BCUT2D eigenvalue weighted by Crippen LogP contribution is -2.44. The van der Waals surface area contributed by atoms with Crippen molar-refractivity contribution in [2.45, 2.75) is 72.2 Å². The molecule has 0 radical (unpaired) electrons. The van der Waals surface area contributed by atoms with E-state index in [4.69, 9.17) is 13.9 Å². The van der Waals surface area contributed by atoms with Crippen molar-refractivity contribution < 1.29 is 23.5 Å². The third-order valence-electron chi connectivity index (χ3n) is 5.42. The molecule has 0 amide bonds. The highest BCUT2D eigenvalue weighted by molar-refractivity contribution is 6.74. The largest absolute Gasteiger partial charge is 0.460 e. The average Bonchev–Trinajstić information content (AvgIpc) is 2.66. The summed E-state index contributed by atoms with van der Waals surface area (Å²) in [4.78, 5) is 23.8. The summed E-state index contributed by atoms with van der Waals surface area (Å²) in [6.45, 7) is 16.1. The van der Waals surface area contributed by atoms with Crippen molar-refractivity contribution in [3.05, 3.63) is 59.9 Å². The number of hydrogen-bond donors (Lipinski definition) is 0. The van der Waals surface area contributed by atoms with Gasteiger partial charge in [0.25, 0.3) is 0 Å². The molecule has 0 saturated carbocycles. The van der Waals surface area contributed by atoms with Gasteiger partial charge in [-0.05, 0) is 43.1 Å². The third kappa shape index (κ3) is 9.23. The van der Waals surface area contributed by atoms with Crippen molar-refractivity contribution >= 4 is 20.3 Å². The summed E-state index contributed by atoms with van der Waals surface area (Å²) in [5, 5.41) is 0.0296. The molecule has 0 N–H and O–H groups in total. The van der Waals surface area contributed by atoms with Gasteiger partial charge in [0.1, 0.15) is 0 Å². The number of benzene rings is 1. The Bertz CT molecular complexity index is 775. The molecular formula is C25H38O5Si. The maximum Gasteiger partial charge on any atom is 0.374 e. The molecule has 6 heteroatoms. The van der Waals surface area contributed by atoms with Gasteiger partial charge in [0.15, 0.2) is 8.32 Å². The minimum atomic E-state index is -2.09. The molecule has 5 nitrogen and oxygen atoms in total. The van der Waals surface area contributed by atoms with Gasteiger partial charge in [-0.2, -0.15) is 0 Å². The molecule has 31 heavy (non-hydrogen) atoms. The molecule has 1 aromatic carbocycles. The number of carbonyl (C=O) groups is 2. The highest BCUT2D eigenvalue weighted by Gasteiger charge is 2.39. The molecule has 0 aliphatic rings. The molecule has 0 aliphatic heterocycles. The van der Waals surface area contributed by atoms with Gasteiger partial charge < -0.3 is 13.9 Å². The molecule has 0 heterocycles. The van der Waals surface area contributed by atoms with E-state index in [0.717, 1.165) is 6.42 Å². The summed E-state index contributed by atoms with van der Waals surface area (Å²) in [6, 6.07) is 10.2. The number of ether oxygens (including phenoxy) is 2. The van der Waals surface area contributed by atoms with E-state index in [0.29, 0.717) is 0 Å². The van der Waals surface area contributed by atoms with E-state index in [-0.39, 0.29) is 29.4 Å². The van der Waals surface area contributed by atoms with Crippen LogP contribution < -0.4 is 0 Å². The van der Waals surface area contributed by atoms with Crippen LogP contribution in [0.4, 0.5) is 0 Å². The lowest BCUT2D eigenvalue weighted by atomic mass is 10.0. The molecule has 1 rings (SSSR count). The SMILES string of the molecule is CCOC(=O)/C(=C/[C@H](C)[C@H](/C=C/Cc1ccccc1)O[Si](C)(C)C(C)(C)C)OC(C)=O. The standard InChI is InChI=1S/C25H38O5Si/c1-9-28-24(27)23(29-20(3)26)18-19(2)22(30-31(7,8)25(4,5)6)17-13-16-21-14-11-10-12-15-21/h10-15,17-19,22H,9,16H2,1-8H3/b17-13+,23-18-/t19-,22-/m0/s1. The van der Waals surface area contributed by atoms with Gasteiger partial charge in [-0.1, -0.05) is 70.2 Å². The molecule has 172 valence electrons. The Morgan fingerprint density at radius 1 is 1.13 bits per heavy atom. The molecule has 0 spiro atoms. The number of esters is 2. The van der Waals surface area contributed by atoms with E-state index in [1.807, 2.05) is 31.2 Å². The van der Waals surface area contributed by atoms with Gasteiger partial charge in [-0.15, -0.1) is 0 Å². The van der Waals surface area contributed by atoms with Gasteiger partial charge in [-0.3, -0.25) is 4.79 Å². The molecular weight excluding hydrogens is 408 g/mol. The van der Waals surface area contributed by atoms with Crippen molar-refractivity contribution in [3.63, 3.8) is 0 Å². The van der Waals surface area contributed by atoms with Crippen molar-refractivity contribution in [2.75, 3.05) is 6.61 Å². The summed E-state index contributed by atoms with van der Waals surface area (Å²) in [5.41, 5.74) is 1.21. The van der Waals surface area contributed by atoms with Gasteiger partial charge in [0.05, 0.1) is 12.7 Å². The van der Waals surface area contributed by atoms with Crippen LogP contribution >= 0.6 is 0 Å². The Balaban J connectivity index is 3.19. The molecule has 0 aliphatic carbocycles. The smallest absolute Gasteiger partial charge is 0.374 e. The Hall–Kier alpha value is -2.18. The lowest BCUT2D eigenvalue weighted by molar-refractivity contribution is -0.150. The monoisotopic (exact) mass is 446 g/mol. The molecule has 2 atom stereocenters. The van der Waals surface area contributed by atoms with E-state index in [1.54, 1.807) is 13.0 Å². The van der Waals surface area contributed by atoms with E-state index in [1.165, 1.54) is 12.5 Å². The fraction of sp³-hybridized carbons (Fsp3) is 0.520. The van der Waals surface area contributed by atoms with Crippen LogP contribution in [0.1, 0.15) is 47.1 Å². The maximum atomic E-state index is 12.3. The summed E-state index contributed by atoms with van der Waals surface area (Å²) >= 11 is 0. The Kier molecular flexibility index (Phi) is 10.4. The highest BCUT2D eigenvalue weighted by atomic mass is 28.4. The van der Waals surface area contributed by atoms with Crippen LogP contribution in [0.2, 0.25) is 18.1 Å². The van der Waals surface area contributed by atoms with Crippen molar-refractivity contribution in [3.8, 4) is 0 Å². The first kappa shape index (κ1) is 26.9. The second-order valence-corrected chi connectivity index (χ2v) is 13.9. The summed E-state index contributed by atoms with van der Waals surface area (Å²) in [5.74, 6) is -1.51. The lowest BCUT2D eigenvalue weighted by Gasteiger charge is -2.39. The summed E-state index contributed by atoms with van der Waals surface area (Å²) < 4.78 is 16.8. The van der Waals surface area contributed by atoms with E-state index >= 15 is 0 Å². The predicted molar refractivity (Wildman–Crippen MR) is 127 cm³/mol. The van der Waals surface area contributed by atoms with Crippen LogP contribution in [0.5, 0.6) is 0 Å². The summed E-state index contributed by atoms with van der Waals surface area (Å²) in [7, 11) is -2.09. The molecule has 0 aromatic heterocycles. The average molecular weight is 447 g/mol. The molecule has 0 bridgehead atoms. The van der Waals surface area contributed by atoms with Crippen molar-refractivity contribution in [2.24, 2.45) is 5.92 Å². The minimum absolute atomic E-state index is 0.0296. The van der Waals surface area contributed by atoms with Crippen LogP contribution in [0, 0.1) is 5.92 Å². The molecule has 0 fully saturated rings. The van der Waals surface area contributed by atoms with Gasteiger partial charge >= 0.3 is 11.9 Å². The first-order valence-corrected chi connectivity index (χ1v) is 13.7. The fourth-order valence-electron chi connectivity index (χ4n) is 2.63. The predicted octanol–water partition coefficient (Wildman–Crippen LogP) is 5.82. The van der Waals surface area contributed by atoms with E-state index in [2.05, 4.69) is 52.1 Å². The van der Waals surface area contributed by atoms with Crippen molar-refractivity contribution in [1.29, 1.82) is 0 Å². The first-order valence-electron chi connectivity index (χ1n) is 10.8. The number of carbonyl (C=O) groups excluding carboxylic acids is 2. The zero-order valence-electron chi connectivity index (χ0n) is 20.2. The van der Waals surface area contributed by atoms with Crippen LogP contribution in [0.15, 0.2) is 54.3 Å². The minimum Gasteiger partial charge on any atom is -0.460 e. The highest BCUT2D eigenvalue weighted by Crippen LogP contribution is 2.38.